The lowest BCUT2D eigenvalue weighted by Gasteiger charge is -2.48. The van der Waals surface area contributed by atoms with Crippen LogP contribution in [-0.2, 0) is 30.4 Å². The van der Waals surface area contributed by atoms with Gasteiger partial charge in [-0.2, -0.15) is 5.10 Å². The van der Waals surface area contributed by atoms with Crippen LogP contribution in [0.4, 0.5) is 0 Å². The molecule has 4 amide bonds. The highest BCUT2D eigenvalue weighted by molar-refractivity contribution is 5.94. The Morgan fingerprint density at radius 2 is 1.72 bits per heavy atom. The molecule has 7 rings (SSSR count). The van der Waals surface area contributed by atoms with E-state index in [4.69, 9.17) is 9.47 Å². The smallest absolute Gasteiger partial charge is 0.257 e. The minimum atomic E-state index is 0. The third-order valence-electron chi connectivity index (χ3n) is 10.7. The molecule has 3 saturated heterocycles. The Kier molecular flexibility index (Phi) is 13.4. The summed E-state index contributed by atoms with van der Waals surface area (Å²) in [5, 5.41) is 6.95. The van der Waals surface area contributed by atoms with Gasteiger partial charge in [0.1, 0.15) is 0 Å². The maximum atomic E-state index is 13.0. The van der Waals surface area contributed by atoms with Crippen LogP contribution in [0.25, 0.3) is 0 Å². The molecule has 12 heteroatoms. The second-order valence-corrected chi connectivity index (χ2v) is 15.2. The molecular weight excluding hydrogens is 636 g/mol. The molecule has 2 aromatic rings. The number of hydrogen-bond donors (Lipinski definition) is 1. The number of hydrogen-bond acceptors (Lipinski definition) is 7. The van der Waals surface area contributed by atoms with Crippen LogP contribution in [0.5, 0.6) is 0 Å². The lowest BCUT2D eigenvalue weighted by atomic mass is 9.78. The van der Waals surface area contributed by atoms with Crippen LogP contribution in [0, 0.1) is 22.7 Å². The number of nitrogens with one attached hydrogen (secondary N) is 1. The summed E-state index contributed by atoms with van der Waals surface area (Å²) in [5.74, 6) is 1.33. The number of aromatic nitrogens is 2. The molecule has 0 radical (unpaired) electrons. The van der Waals surface area contributed by atoms with E-state index in [0.29, 0.717) is 50.8 Å². The molecule has 1 aromatic heterocycles. The minimum Gasteiger partial charge on any atom is -0.379 e. The van der Waals surface area contributed by atoms with Crippen molar-refractivity contribution >= 4 is 24.6 Å². The van der Waals surface area contributed by atoms with Crippen LogP contribution < -0.4 is 5.32 Å². The quantitative estimate of drug-likeness (QED) is 0.281. The highest BCUT2D eigenvalue weighted by Gasteiger charge is 2.57. The van der Waals surface area contributed by atoms with Crippen molar-refractivity contribution in [3.05, 3.63) is 53.9 Å². The summed E-state index contributed by atoms with van der Waals surface area (Å²) in [4.78, 5) is 51.1. The van der Waals surface area contributed by atoms with Crippen molar-refractivity contribution in [2.24, 2.45) is 22.7 Å². The highest BCUT2D eigenvalue weighted by Crippen LogP contribution is 2.54. The number of amides is 4. The third kappa shape index (κ3) is 10.6. The molecule has 50 heavy (non-hydrogen) atoms. The van der Waals surface area contributed by atoms with Crippen molar-refractivity contribution in [2.45, 2.75) is 65.3 Å². The van der Waals surface area contributed by atoms with Crippen molar-refractivity contribution < 1.29 is 30.1 Å². The van der Waals surface area contributed by atoms with Gasteiger partial charge in [0.2, 0.25) is 18.7 Å². The summed E-state index contributed by atoms with van der Waals surface area (Å²) < 4.78 is 12.3. The number of carbonyl (C=O) groups is 4. The van der Waals surface area contributed by atoms with E-state index in [2.05, 4.69) is 36.4 Å². The number of ether oxygens (including phenoxy) is 2. The predicted octanol–water partition coefficient (Wildman–Crippen LogP) is 3.70. The van der Waals surface area contributed by atoms with Crippen LogP contribution in [0.15, 0.2) is 42.7 Å². The fourth-order valence-corrected chi connectivity index (χ4v) is 7.39. The molecule has 1 spiro atoms. The van der Waals surface area contributed by atoms with Crippen LogP contribution in [0.2, 0.25) is 0 Å². The predicted molar refractivity (Wildman–Crippen MR) is 191 cm³/mol. The zero-order chi connectivity index (χ0) is 35.4. The van der Waals surface area contributed by atoms with Gasteiger partial charge in [0.05, 0.1) is 38.1 Å². The van der Waals surface area contributed by atoms with E-state index in [-0.39, 0.29) is 24.1 Å². The Hall–Kier alpha value is -3.77. The fraction of sp³-hybridized carbons (Fsp3) is 0.658. The van der Waals surface area contributed by atoms with Gasteiger partial charge in [0.25, 0.3) is 5.91 Å². The van der Waals surface area contributed by atoms with Gasteiger partial charge in [0, 0.05) is 71.4 Å². The SMILES string of the molecule is CC1(C)C[C@@H]1C(=O)N1CC2(CCN(C(=O)c3cnn(Cc4ccccc4)c3)C2)C1.O=CN1CCOCC1.O=CNCCOCC1CCCCC1.[HH]. The number of rotatable bonds is 11. The molecular formula is C38H58N6O6. The lowest BCUT2D eigenvalue weighted by Crippen LogP contribution is -2.60. The molecule has 1 N–H and O–H groups in total. The first kappa shape index (κ1) is 37.5. The van der Waals surface area contributed by atoms with E-state index in [0.717, 1.165) is 76.6 Å². The first-order valence-corrected chi connectivity index (χ1v) is 18.4. The summed E-state index contributed by atoms with van der Waals surface area (Å²) in [6.07, 6.45) is 13.8. The standard InChI is InChI=1S/C23H28N4O2.C10H19NO2.C5H9NO2.H2/c1-22(2)10-19(22)21(29)26-15-23(16-26)8-9-25(14-23)20(28)18-11-24-27(13-18)12-17-6-4-3-5-7-17;12-9-11-6-7-13-8-10-4-2-1-3-5-10;7-5-6-1-3-8-4-2-6;/h3-7,11,13,19H,8-10,12,14-16H2,1-2H3;9-10H,1-8H2,(H,11,12);5H,1-4H2;1H/t19-;;;/m1.../s1. The Labute approximate surface area is 298 Å². The summed E-state index contributed by atoms with van der Waals surface area (Å²) >= 11 is 0. The number of likely N-dealkylation sites (tertiary alicyclic amines) is 2. The molecule has 1 atom stereocenters. The normalized spacial score (nSPS) is 22.0. The van der Waals surface area contributed by atoms with E-state index in [1.807, 2.05) is 38.9 Å². The van der Waals surface area contributed by atoms with Crippen molar-refractivity contribution in [3.8, 4) is 0 Å². The molecule has 12 nitrogen and oxygen atoms in total. The molecule has 5 aliphatic rings. The first-order valence-electron chi connectivity index (χ1n) is 18.4. The van der Waals surface area contributed by atoms with Crippen LogP contribution in [0.3, 0.4) is 0 Å². The monoisotopic (exact) mass is 694 g/mol. The molecule has 3 aliphatic heterocycles. The fourth-order valence-electron chi connectivity index (χ4n) is 7.39. The minimum absolute atomic E-state index is 0. The maximum absolute atomic E-state index is 13.0. The topological polar surface area (TPSA) is 126 Å². The van der Waals surface area contributed by atoms with Gasteiger partial charge in [-0.05, 0) is 42.6 Å². The average Bonchev–Trinajstić information content (AvgIpc) is 3.44. The molecule has 1 aromatic carbocycles. The number of benzene rings is 1. The van der Waals surface area contributed by atoms with Gasteiger partial charge >= 0.3 is 0 Å². The zero-order valence-electron chi connectivity index (χ0n) is 30.0. The Morgan fingerprint density at radius 1 is 1.02 bits per heavy atom. The van der Waals surface area contributed by atoms with Crippen molar-refractivity contribution in [2.75, 3.05) is 72.2 Å². The molecule has 5 fully saturated rings. The van der Waals surface area contributed by atoms with E-state index < -0.39 is 0 Å². The van der Waals surface area contributed by atoms with E-state index in [1.165, 1.54) is 32.1 Å². The van der Waals surface area contributed by atoms with Gasteiger partial charge < -0.3 is 29.5 Å². The lowest BCUT2D eigenvalue weighted by molar-refractivity contribution is -0.144. The van der Waals surface area contributed by atoms with Crippen molar-refractivity contribution in [1.82, 2.24) is 29.8 Å². The van der Waals surface area contributed by atoms with Crippen molar-refractivity contribution in [1.29, 1.82) is 0 Å². The third-order valence-corrected chi connectivity index (χ3v) is 10.7. The second-order valence-electron chi connectivity index (χ2n) is 15.2. The van der Waals surface area contributed by atoms with Crippen LogP contribution >= 0.6 is 0 Å². The number of morpholine rings is 1. The average molecular weight is 695 g/mol. The molecule has 0 unspecified atom stereocenters. The summed E-state index contributed by atoms with van der Waals surface area (Å²) in [5.41, 5.74) is 2.08. The summed E-state index contributed by atoms with van der Waals surface area (Å²) in [7, 11) is 0. The Balaban J connectivity index is 0.000000219. The van der Waals surface area contributed by atoms with Gasteiger partial charge in [-0.15, -0.1) is 0 Å². The van der Waals surface area contributed by atoms with Gasteiger partial charge in [-0.25, -0.2) is 0 Å². The van der Waals surface area contributed by atoms with Gasteiger partial charge in [-0.3, -0.25) is 23.9 Å². The molecule has 0 bridgehead atoms. The van der Waals surface area contributed by atoms with E-state index >= 15 is 0 Å². The molecule has 2 saturated carbocycles. The Bertz CT molecular complexity index is 1390. The second kappa shape index (κ2) is 17.9. The van der Waals surface area contributed by atoms with Gasteiger partial charge in [-0.1, -0.05) is 63.4 Å². The van der Waals surface area contributed by atoms with E-state index in [1.54, 1.807) is 11.1 Å². The van der Waals surface area contributed by atoms with Gasteiger partial charge in [0.15, 0.2) is 0 Å². The largest absolute Gasteiger partial charge is 0.379 e. The zero-order valence-corrected chi connectivity index (χ0v) is 30.0. The number of carbonyl (C=O) groups excluding carboxylic acids is 4. The number of nitrogens with zero attached hydrogens (tertiary/aromatic N) is 5. The highest BCUT2D eigenvalue weighted by atomic mass is 16.5. The first-order chi connectivity index (χ1) is 24.2. The summed E-state index contributed by atoms with van der Waals surface area (Å²) in [6.45, 7) is 13.2. The van der Waals surface area contributed by atoms with Crippen molar-refractivity contribution in [3.63, 3.8) is 0 Å². The molecule has 276 valence electrons. The Morgan fingerprint density at radius 3 is 2.36 bits per heavy atom. The van der Waals surface area contributed by atoms with Crippen LogP contribution in [0.1, 0.15) is 76.1 Å². The molecule has 4 heterocycles. The summed E-state index contributed by atoms with van der Waals surface area (Å²) in [6, 6.07) is 10.1. The maximum Gasteiger partial charge on any atom is 0.257 e. The molecule has 2 aliphatic carbocycles. The van der Waals surface area contributed by atoms with E-state index in [9.17, 15) is 19.2 Å². The van der Waals surface area contributed by atoms with Crippen LogP contribution in [-0.4, -0.2) is 121 Å².